The lowest BCUT2D eigenvalue weighted by atomic mass is 9.96. The third kappa shape index (κ3) is 4.34. The molecule has 0 fully saturated rings. The number of aliphatic imine (C=N–C) groups is 1. The summed E-state index contributed by atoms with van der Waals surface area (Å²) >= 11 is 6.37. The number of ether oxygens (including phenoxy) is 1. The van der Waals surface area contributed by atoms with Gasteiger partial charge in [0.25, 0.3) is 12.3 Å². The largest absolute Gasteiger partial charge is 0.375 e. The van der Waals surface area contributed by atoms with E-state index in [-0.39, 0.29) is 11.6 Å². The van der Waals surface area contributed by atoms with Crippen molar-refractivity contribution in [2.75, 3.05) is 19.8 Å². The zero-order valence-electron chi connectivity index (χ0n) is 17.7. The lowest BCUT2D eigenvalue weighted by Gasteiger charge is -2.27. The predicted molar refractivity (Wildman–Crippen MR) is 116 cm³/mol. The molecule has 4 rings (SSSR count). The molecule has 0 bridgehead atoms. The first-order valence-corrected chi connectivity index (χ1v) is 10.7. The van der Waals surface area contributed by atoms with Gasteiger partial charge in [0.15, 0.2) is 0 Å². The number of allylic oxidation sites excluding steroid dienone is 2. The molecule has 2 atom stereocenters. The fraction of sp³-hybridized carbons (Fsp3) is 0.391. The smallest absolute Gasteiger partial charge is 0.266 e. The van der Waals surface area contributed by atoms with Crippen LogP contribution >= 0.6 is 11.6 Å². The minimum Gasteiger partial charge on any atom is -0.375 e. The first-order valence-electron chi connectivity index (χ1n) is 10.4. The van der Waals surface area contributed by atoms with E-state index in [4.69, 9.17) is 16.3 Å². The first kappa shape index (κ1) is 22.6. The van der Waals surface area contributed by atoms with Gasteiger partial charge in [0, 0.05) is 23.3 Å². The van der Waals surface area contributed by atoms with Crippen LogP contribution in [0.3, 0.4) is 0 Å². The SMILES string of the molecule is C[C@@H]1CN2C=C(C3=C(Cl)COCC3)C=C(C(=O)N[C@H](C)c3cccc(C(F)F)c3F)C2=N1. The number of rotatable bonds is 5. The van der Waals surface area contributed by atoms with Gasteiger partial charge in [0.2, 0.25) is 0 Å². The highest BCUT2D eigenvalue weighted by Gasteiger charge is 2.33. The van der Waals surface area contributed by atoms with Crippen LogP contribution in [0, 0.1) is 5.82 Å². The van der Waals surface area contributed by atoms with Crippen LogP contribution in [0.5, 0.6) is 0 Å². The number of benzene rings is 1. The van der Waals surface area contributed by atoms with Crippen LogP contribution in [-0.2, 0) is 9.53 Å². The maximum Gasteiger partial charge on any atom is 0.266 e. The topological polar surface area (TPSA) is 53.9 Å². The molecular formula is C23H23ClF3N3O2. The molecule has 0 spiro atoms. The fourth-order valence-electron chi connectivity index (χ4n) is 4.07. The van der Waals surface area contributed by atoms with Crippen molar-refractivity contribution in [2.24, 2.45) is 4.99 Å². The Hall–Kier alpha value is -2.58. The Kier molecular flexibility index (Phi) is 6.44. The third-order valence-corrected chi connectivity index (χ3v) is 6.00. The van der Waals surface area contributed by atoms with Crippen LogP contribution in [0.2, 0.25) is 0 Å². The molecule has 1 aromatic carbocycles. The van der Waals surface area contributed by atoms with Gasteiger partial charge < -0.3 is 15.0 Å². The summed E-state index contributed by atoms with van der Waals surface area (Å²) in [6.07, 6.45) is 1.34. The lowest BCUT2D eigenvalue weighted by Crippen LogP contribution is -2.37. The van der Waals surface area contributed by atoms with E-state index in [1.54, 1.807) is 13.0 Å². The highest BCUT2D eigenvalue weighted by Crippen LogP contribution is 2.33. The quantitative estimate of drug-likeness (QED) is 0.681. The number of carbonyl (C=O) groups excluding carboxylic acids is 1. The van der Waals surface area contributed by atoms with Gasteiger partial charge in [-0.15, -0.1) is 0 Å². The average Bonchev–Trinajstić information content (AvgIpc) is 3.13. The number of carbonyl (C=O) groups is 1. The molecule has 0 radical (unpaired) electrons. The summed E-state index contributed by atoms with van der Waals surface area (Å²) in [4.78, 5) is 19.7. The van der Waals surface area contributed by atoms with Gasteiger partial charge in [0.1, 0.15) is 11.7 Å². The number of hydrogen-bond acceptors (Lipinski definition) is 4. The molecule has 32 heavy (non-hydrogen) atoms. The van der Waals surface area contributed by atoms with Gasteiger partial charge in [-0.3, -0.25) is 9.79 Å². The summed E-state index contributed by atoms with van der Waals surface area (Å²) in [7, 11) is 0. The average molecular weight is 466 g/mol. The molecule has 0 unspecified atom stereocenters. The molecule has 5 nitrogen and oxygen atoms in total. The molecule has 3 aliphatic rings. The van der Waals surface area contributed by atoms with Crippen LogP contribution in [0.25, 0.3) is 0 Å². The number of fused-ring (bicyclic) bond motifs is 1. The van der Waals surface area contributed by atoms with Crippen LogP contribution in [0.4, 0.5) is 13.2 Å². The minimum absolute atomic E-state index is 0.00269. The summed E-state index contributed by atoms with van der Waals surface area (Å²) in [5.74, 6) is -0.954. The van der Waals surface area contributed by atoms with E-state index in [1.165, 1.54) is 12.1 Å². The van der Waals surface area contributed by atoms with E-state index in [0.29, 0.717) is 42.6 Å². The molecule has 1 aromatic rings. The summed E-state index contributed by atoms with van der Waals surface area (Å²) in [6, 6.07) is 2.95. The van der Waals surface area contributed by atoms with Gasteiger partial charge in [-0.1, -0.05) is 29.8 Å². The van der Waals surface area contributed by atoms with E-state index in [1.807, 2.05) is 18.0 Å². The fourth-order valence-corrected chi connectivity index (χ4v) is 4.35. The molecule has 0 aliphatic carbocycles. The highest BCUT2D eigenvalue weighted by atomic mass is 35.5. The normalized spacial score (nSPS) is 21.8. The number of halogens is 4. The Morgan fingerprint density at radius 3 is 2.81 bits per heavy atom. The monoisotopic (exact) mass is 465 g/mol. The van der Waals surface area contributed by atoms with Crippen molar-refractivity contribution < 1.29 is 22.7 Å². The number of alkyl halides is 2. The van der Waals surface area contributed by atoms with Gasteiger partial charge in [-0.25, -0.2) is 13.2 Å². The summed E-state index contributed by atoms with van der Waals surface area (Å²) < 4.78 is 46.1. The van der Waals surface area contributed by atoms with E-state index in [2.05, 4.69) is 10.3 Å². The standard InChI is InChI=1S/C23H23ClF3N3O2/c1-12-9-30-10-14(16-6-7-32-11-19(16)24)8-18(22(30)28-12)23(31)29-13(2)15-4-3-5-17(20(15)25)21(26)27/h3-5,8,10,12-13,21H,6-7,9,11H2,1-2H3,(H,29,31)/t12-,13-/m1/s1. The Balaban J connectivity index is 1.64. The van der Waals surface area contributed by atoms with E-state index >= 15 is 0 Å². The molecule has 1 N–H and O–H groups in total. The molecule has 170 valence electrons. The third-order valence-electron chi connectivity index (χ3n) is 5.66. The van der Waals surface area contributed by atoms with Gasteiger partial charge >= 0.3 is 0 Å². The van der Waals surface area contributed by atoms with E-state index in [9.17, 15) is 18.0 Å². The van der Waals surface area contributed by atoms with Gasteiger partial charge in [-0.2, -0.15) is 0 Å². The van der Waals surface area contributed by atoms with Crippen LogP contribution in [0.15, 0.2) is 57.2 Å². The van der Waals surface area contributed by atoms with Crippen molar-refractivity contribution in [1.82, 2.24) is 10.2 Å². The van der Waals surface area contributed by atoms with Gasteiger partial charge in [0.05, 0.1) is 36.4 Å². The van der Waals surface area contributed by atoms with Gasteiger partial charge in [-0.05, 0) is 37.5 Å². The minimum atomic E-state index is -2.94. The highest BCUT2D eigenvalue weighted by molar-refractivity contribution is 6.30. The van der Waals surface area contributed by atoms with Crippen molar-refractivity contribution >= 4 is 23.3 Å². The molecule has 0 saturated heterocycles. The summed E-state index contributed by atoms with van der Waals surface area (Å²) in [6.45, 7) is 4.97. The Morgan fingerprint density at radius 2 is 2.09 bits per heavy atom. The number of nitrogens with zero attached hydrogens (tertiary/aromatic N) is 2. The van der Waals surface area contributed by atoms with Crippen LogP contribution in [0.1, 0.15) is 43.9 Å². The zero-order valence-corrected chi connectivity index (χ0v) is 18.4. The molecule has 3 heterocycles. The summed E-state index contributed by atoms with van der Waals surface area (Å²) in [5.41, 5.74) is 1.34. The zero-order chi connectivity index (χ0) is 23.0. The molecule has 1 amide bonds. The van der Waals surface area contributed by atoms with Crippen molar-refractivity contribution in [1.29, 1.82) is 0 Å². The molecule has 0 aromatic heterocycles. The van der Waals surface area contributed by atoms with Crippen molar-refractivity contribution in [2.45, 2.75) is 38.8 Å². The van der Waals surface area contributed by atoms with Crippen molar-refractivity contribution in [3.8, 4) is 0 Å². The Labute approximate surface area is 189 Å². The number of hydrogen-bond donors (Lipinski definition) is 1. The predicted octanol–water partition coefficient (Wildman–Crippen LogP) is 4.78. The van der Waals surface area contributed by atoms with E-state index < -0.39 is 29.8 Å². The molecule has 0 saturated carbocycles. The van der Waals surface area contributed by atoms with Crippen molar-refractivity contribution in [3.63, 3.8) is 0 Å². The van der Waals surface area contributed by atoms with Crippen LogP contribution < -0.4 is 5.32 Å². The number of amides is 1. The first-order chi connectivity index (χ1) is 15.3. The maximum absolute atomic E-state index is 14.6. The number of nitrogens with one attached hydrogen (secondary N) is 1. The number of amidine groups is 1. The molecule has 3 aliphatic heterocycles. The van der Waals surface area contributed by atoms with E-state index in [0.717, 1.165) is 17.2 Å². The Bertz CT molecular complexity index is 1060. The second-order valence-electron chi connectivity index (χ2n) is 8.03. The van der Waals surface area contributed by atoms with Crippen LogP contribution in [-0.4, -0.2) is 42.4 Å². The summed E-state index contributed by atoms with van der Waals surface area (Å²) in [5, 5.41) is 3.32. The second-order valence-corrected chi connectivity index (χ2v) is 8.49. The molecular weight excluding hydrogens is 443 g/mol. The second kappa shape index (κ2) is 9.11. The maximum atomic E-state index is 14.6. The lowest BCUT2D eigenvalue weighted by molar-refractivity contribution is -0.117. The Morgan fingerprint density at radius 1 is 1.34 bits per heavy atom. The molecule has 9 heteroatoms. The van der Waals surface area contributed by atoms with Crippen molar-refractivity contribution in [3.05, 3.63) is 69.2 Å².